The second-order valence-corrected chi connectivity index (χ2v) is 8.01. The van der Waals surface area contributed by atoms with E-state index in [1.54, 1.807) is 18.3 Å². The molecule has 1 heterocycles. The second kappa shape index (κ2) is 6.68. The zero-order valence-electron chi connectivity index (χ0n) is 14.6. The summed E-state index contributed by atoms with van der Waals surface area (Å²) in [5.74, 6) is 0. The minimum absolute atomic E-state index is 0.0456. The summed E-state index contributed by atoms with van der Waals surface area (Å²) >= 11 is 18.5. The van der Waals surface area contributed by atoms with Gasteiger partial charge < -0.3 is 4.90 Å². The summed E-state index contributed by atoms with van der Waals surface area (Å²) < 4.78 is 0. The molecule has 0 aromatic heterocycles. The molecule has 0 N–H and O–H groups in total. The molecule has 130 valence electrons. The summed E-state index contributed by atoms with van der Waals surface area (Å²) in [6.07, 6.45) is 4.03. The van der Waals surface area contributed by atoms with E-state index < -0.39 is 0 Å². The van der Waals surface area contributed by atoms with E-state index in [1.807, 2.05) is 12.1 Å². The summed E-state index contributed by atoms with van der Waals surface area (Å²) in [7, 11) is 2.08. The third kappa shape index (κ3) is 3.57. The molecular weight excluding hydrogens is 375 g/mol. The minimum Gasteiger partial charge on any atom is -0.365 e. The summed E-state index contributed by atoms with van der Waals surface area (Å²) in [6.45, 7) is 6.50. The van der Waals surface area contributed by atoms with Crippen molar-refractivity contribution in [3.8, 4) is 0 Å². The second-order valence-electron chi connectivity index (χ2n) is 6.79. The highest BCUT2D eigenvalue weighted by atomic mass is 35.5. The lowest BCUT2D eigenvalue weighted by Gasteiger charge is -2.40. The average Bonchev–Trinajstić information content (AvgIpc) is 2.54. The first kappa shape index (κ1) is 18.3. The fourth-order valence-corrected chi connectivity index (χ4v) is 3.50. The highest BCUT2D eigenvalue weighted by molar-refractivity contribution is 6.42. The standard InChI is InChI=1S/C20H19Cl3N2/c1-12-10-20(2,3)25(4)19-9-17(22)13(7-15(12)19)11-24-14-5-6-16(21)18(23)8-14/h5-11H,1-4H3. The summed E-state index contributed by atoms with van der Waals surface area (Å²) in [5, 5.41) is 1.66. The molecule has 0 unspecified atom stereocenters. The maximum Gasteiger partial charge on any atom is 0.0645 e. The average molecular weight is 394 g/mol. The molecule has 0 fully saturated rings. The zero-order valence-corrected chi connectivity index (χ0v) is 16.8. The third-order valence-corrected chi connectivity index (χ3v) is 5.66. The van der Waals surface area contributed by atoms with E-state index in [0.29, 0.717) is 15.1 Å². The van der Waals surface area contributed by atoms with Gasteiger partial charge in [-0.3, -0.25) is 4.99 Å². The van der Waals surface area contributed by atoms with Gasteiger partial charge in [0, 0.05) is 30.1 Å². The van der Waals surface area contributed by atoms with E-state index in [0.717, 1.165) is 16.9 Å². The SMILES string of the molecule is CC1=CC(C)(C)N(C)c2cc(Cl)c(C=Nc3ccc(Cl)c(Cl)c3)cc21. The van der Waals surface area contributed by atoms with Crippen molar-refractivity contribution in [2.24, 2.45) is 4.99 Å². The molecule has 0 radical (unpaired) electrons. The van der Waals surface area contributed by atoms with Crippen molar-refractivity contribution in [2.75, 3.05) is 11.9 Å². The quantitative estimate of drug-likeness (QED) is 0.500. The highest BCUT2D eigenvalue weighted by Gasteiger charge is 2.29. The number of halogens is 3. The molecule has 2 aromatic carbocycles. The molecule has 0 bridgehead atoms. The molecule has 3 rings (SSSR count). The Morgan fingerprint density at radius 3 is 2.40 bits per heavy atom. The number of hydrogen-bond donors (Lipinski definition) is 0. The van der Waals surface area contributed by atoms with Gasteiger partial charge in [-0.2, -0.15) is 0 Å². The molecule has 0 atom stereocenters. The van der Waals surface area contributed by atoms with Gasteiger partial charge in [0.2, 0.25) is 0 Å². The van der Waals surface area contributed by atoms with Gasteiger partial charge in [-0.15, -0.1) is 0 Å². The molecule has 2 nitrogen and oxygen atoms in total. The van der Waals surface area contributed by atoms with Gasteiger partial charge >= 0.3 is 0 Å². The highest BCUT2D eigenvalue weighted by Crippen LogP contribution is 2.40. The smallest absolute Gasteiger partial charge is 0.0645 e. The summed E-state index contributed by atoms with van der Waals surface area (Å²) in [5.41, 5.74) is 5.08. The molecule has 1 aliphatic heterocycles. The third-order valence-electron chi connectivity index (χ3n) is 4.59. The van der Waals surface area contributed by atoms with Gasteiger partial charge in [-0.05, 0) is 56.7 Å². The first-order valence-corrected chi connectivity index (χ1v) is 9.09. The maximum absolute atomic E-state index is 6.51. The molecule has 25 heavy (non-hydrogen) atoms. The molecule has 0 aliphatic carbocycles. The number of likely N-dealkylation sites (N-methyl/N-ethyl adjacent to an activating group) is 1. The molecule has 5 heteroatoms. The number of benzene rings is 2. The van der Waals surface area contributed by atoms with Crippen LogP contribution < -0.4 is 4.90 Å². The van der Waals surface area contributed by atoms with Crippen LogP contribution in [0.3, 0.4) is 0 Å². The van der Waals surface area contributed by atoms with Gasteiger partial charge in [-0.25, -0.2) is 0 Å². The van der Waals surface area contributed by atoms with Gasteiger partial charge in [-0.1, -0.05) is 40.9 Å². The van der Waals surface area contributed by atoms with Gasteiger partial charge in [0.15, 0.2) is 0 Å². The Labute approximate surface area is 163 Å². The van der Waals surface area contributed by atoms with E-state index in [9.17, 15) is 0 Å². The monoisotopic (exact) mass is 392 g/mol. The molecule has 1 aliphatic rings. The van der Waals surface area contributed by atoms with E-state index in [-0.39, 0.29) is 5.54 Å². The Morgan fingerprint density at radius 1 is 1.00 bits per heavy atom. The predicted octanol–water partition coefficient (Wildman–Crippen LogP) is 7.03. The van der Waals surface area contributed by atoms with Crippen molar-refractivity contribution in [1.29, 1.82) is 0 Å². The van der Waals surface area contributed by atoms with Crippen LogP contribution in [-0.2, 0) is 0 Å². The molecule has 0 saturated carbocycles. The molecule has 0 spiro atoms. The fraction of sp³-hybridized carbons (Fsp3) is 0.250. The Kier molecular flexibility index (Phi) is 4.89. The van der Waals surface area contributed by atoms with Crippen LogP contribution in [0.1, 0.15) is 31.9 Å². The van der Waals surface area contributed by atoms with E-state index >= 15 is 0 Å². The van der Waals surface area contributed by atoms with Crippen LogP contribution in [0.25, 0.3) is 5.57 Å². The number of anilines is 1. The molecule has 0 saturated heterocycles. The van der Waals surface area contributed by atoms with Crippen molar-refractivity contribution < 1.29 is 0 Å². The van der Waals surface area contributed by atoms with Crippen LogP contribution >= 0.6 is 34.8 Å². The van der Waals surface area contributed by atoms with Gasteiger partial charge in [0.1, 0.15) is 0 Å². The van der Waals surface area contributed by atoms with Crippen molar-refractivity contribution in [3.63, 3.8) is 0 Å². The molecular formula is C20H19Cl3N2. The van der Waals surface area contributed by atoms with Gasteiger partial charge in [0.25, 0.3) is 0 Å². The Morgan fingerprint density at radius 2 is 1.72 bits per heavy atom. The van der Waals surface area contributed by atoms with Gasteiger partial charge in [0.05, 0.1) is 26.3 Å². The van der Waals surface area contributed by atoms with Crippen molar-refractivity contribution in [3.05, 3.63) is 62.6 Å². The summed E-state index contributed by atoms with van der Waals surface area (Å²) in [6, 6.07) is 9.36. The Balaban J connectivity index is 2.01. The largest absolute Gasteiger partial charge is 0.365 e. The predicted molar refractivity (Wildman–Crippen MR) is 111 cm³/mol. The number of rotatable bonds is 2. The van der Waals surface area contributed by atoms with Crippen molar-refractivity contribution in [2.45, 2.75) is 26.3 Å². The lowest BCUT2D eigenvalue weighted by Crippen LogP contribution is -2.42. The van der Waals surface area contributed by atoms with Crippen LogP contribution in [0, 0.1) is 0 Å². The number of hydrogen-bond acceptors (Lipinski definition) is 2. The Bertz CT molecular complexity index is 898. The van der Waals surface area contributed by atoms with E-state index in [2.05, 4.69) is 49.9 Å². The van der Waals surface area contributed by atoms with Crippen LogP contribution in [0.15, 0.2) is 41.4 Å². The maximum atomic E-state index is 6.51. The number of allylic oxidation sites excluding steroid dienone is 1. The molecule has 2 aromatic rings. The van der Waals surface area contributed by atoms with Crippen molar-refractivity contribution in [1.82, 2.24) is 0 Å². The fourth-order valence-electron chi connectivity index (χ4n) is 3.00. The lowest BCUT2D eigenvalue weighted by atomic mass is 9.88. The van der Waals surface area contributed by atoms with Crippen molar-refractivity contribution >= 4 is 58.0 Å². The number of fused-ring (bicyclic) bond motifs is 1. The minimum atomic E-state index is -0.0456. The Hall–Kier alpha value is -1.48. The van der Waals surface area contributed by atoms with Crippen LogP contribution in [0.2, 0.25) is 15.1 Å². The van der Waals surface area contributed by atoms with E-state index in [4.69, 9.17) is 34.8 Å². The van der Waals surface area contributed by atoms with Crippen LogP contribution in [0.4, 0.5) is 11.4 Å². The van der Waals surface area contributed by atoms with Crippen LogP contribution in [0.5, 0.6) is 0 Å². The number of aliphatic imine (C=N–C) groups is 1. The van der Waals surface area contributed by atoms with Crippen LogP contribution in [-0.4, -0.2) is 18.8 Å². The first-order valence-electron chi connectivity index (χ1n) is 7.95. The topological polar surface area (TPSA) is 15.6 Å². The lowest BCUT2D eigenvalue weighted by molar-refractivity contribution is 0.598. The van der Waals surface area contributed by atoms with E-state index in [1.165, 1.54) is 11.1 Å². The summed E-state index contributed by atoms with van der Waals surface area (Å²) in [4.78, 5) is 6.71. The first-order chi connectivity index (χ1) is 11.7. The normalized spacial score (nSPS) is 16.1. The molecule has 0 amide bonds. The number of nitrogens with zero attached hydrogens (tertiary/aromatic N) is 2. The zero-order chi connectivity index (χ0) is 18.4.